The predicted octanol–water partition coefficient (Wildman–Crippen LogP) is 1.30. The molecule has 66 valence electrons. The third-order valence-electron chi connectivity index (χ3n) is 1.91. The molecule has 0 aliphatic rings. The Morgan fingerprint density at radius 3 is 2.85 bits per heavy atom. The third kappa shape index (κ3) is 1.40. The van der Waals surface area contributed by atoms with Gasteiger partial charge in [-0.3, -0.25) is 0 Å². The molecular weight excluding hydrogens is 164 g/mol. The highest BCUT2D eigenvalue weighted by Crippen LogP contribution is 2.16. The van der Waals surface area contributed by atoms with Gasteiger partial charge in [-0.1, -0.05) is 12.1 Å². The van der Waals surface area contributed by atoms with E-state index >= 15 is 0 Å². The second-order valence-electron chi connectivity index (χ2n) is 2.69. The smallest absolute Gasteiger partial charge is 0.246 e. The van der Waals surface area contributed by atoms with Gasteiger partial charge in [0, 0.05) is 0 Å². The van der Waals surface area contributed by atoms with Crippen LogP contribution in [0.2, 0.25) is 0 Å². The largest absolute Gasteiger partial charge is 0.492 e. The summed E-state index contributed by atoms with van der Waals surface area (Å²) < 4.78 is 7.21. The van der Waals surface area contributed by atoms with Gasteiger partial charge in [0.15, 0.2) is 11.4 Å². The number of para-hydroxylation sites is 2. The molecule has 0 amide bonds. The summed E-state index contributed by atoms with van der Waals surface area (Å²) >= 11 is 0. The van der Waals surface area contributed by atoms with E-state index in [9.17, 15) is 0 Å². The average molecular weight is 175 g/mol. The fraction of sp³-hybridized carbons (Fsp3) is 0.100. The van der Waals surface area contributed by atoms with Gasteiger partial charge in [0.05, 0.1) is 7.11 Å². The maximum absolute atomic E-state index is 5.23. The number of imidazole rings is 1. The van der Waals surface area contributed by atoms with Crippen molar-refractivity contribution < 1.29 is 9.30 Å². The quantitative estimate of drug-likeness (QED) is 0.685. The normalized spacial score (nSPS) is 9.92. The van der Waals surface area contributed by atoms with E-state index in [4.69, 9.17) is 4.74 Å². The van der Waals surface area contributed by atoms with Crippen LogP contribution in [-0.2, 0) is 0 Å². The number of H-pyrrole nitrogens is 1. The number of aromatic nitrogens is 2. The molecule has 2 rings (SSSR count). The van der Waals surface area contributed by atoms with E-state index in [-0.39, 0.29) is 0 Å². The second kappa shape index (κ2) is 3.31. The minimum absolute atomic E-state index is 0.868. The van der Waals surface area contributed by atoms with Crippen molar-refractivity contribution in [3.05, 3.63) is 43.0 Å². The summed E-state index contributed by atoms with van der Waals surface area (Å²) in [6.07, 6.45) is 5.68. The third-order valence-corrected chi connectivity index (χ3v) is 1.91. The number of rotatable bonds is 2. The van der Waals surface area contributed by atoms with E-state index < -0.39 is 0 Å². The van der Waals surface area contributed by atoms with Crippen LogP contribution in [0, 0.1) is 0 Å². The van der Waals surface area contributed by atoms with Crippen molar-refractivity contribution in [2.24, 2.45) is 0 Å². The highest BCUT2D eigenvalue weighted by atomic mass is 16.5. The molecule has 0 saturated carbocycles. The summed E-state index contributed by atoms with van der Waals surface area (Å²) in [5.74, 6) is 0.868. The molecule has 0 atom stereocenters. The Kier molecular flexibility index (Phi) is 2.00. The summed E-state index contributed by atoms with van der Waals surface area (Å²) in [6, 6.07) is 7.88. The van der Waals surface area contributed by atoms with Crippen LogP contribution in [0.5, 0.6) is 5.75 Å². The number of nitrogens with one attached hydrogen (secondary N) is 1. The topological polar surface area (TPSA) is 28.9 Å². The Bertz CT molecular complexity index is 382. The average Bonchev–Trinajstić information content (AvgIpc) is 2.70. The number of benzene rings is 1. The van der Waals surface area contributed by atoms with Crippen molar-refractivity contribution in [3.8, 4) is 11.4 Å². The molecule has 0 fully saturated rings. The van der Waals surface area contributed by atoms with Crippen LogP contribution in [0.25, 0.3) is 5.69 Å². The van der Waals surface area contributed by atoms with E-state index in [0.29, 0.717) is 0 Å². The van der Waals surface area contributed by atoms with Crippen LogP contribution < -0.4 is 9.30 Å². The van der Waals surface area contributed by atoms with Crippen molar-refractivity contribution in [1.82, 2.24) is 4.98 Å². The second-order valence-corrected chi connectivity index (χ2v) is 2.69. The first kappa shape index (κ1) is 7.86. The SMILES string of the molecule is COc1ccccc1-[n+]1cc[nH]c1. The first-order valence-corrected chi connectivity index (χ1v) is 4.09. The lowest BCUT2D eigenvalue weighted by Gasteiger charge is -2.02. The summed E-state index contributed by atoms with van der Waals surface area (Å²) in [5.41, 5.74) is 1.03. The van der Waals surface area contributed by atoms with Crippen LogP contribution in [0.3, 0.4) is 0 Å². The lowest BCUT2D eigenvalue weighted by Crippen LogP contribution is -2.27. The summed E-state index contributed by atoms with van der Waals surface area (Å²) in [5, 5.41) is 0. The van der Waals surface area contributed by atoms with E-state index in [2.05, 4.69) is 4.98 Å². The predicted molar refractivity (Wildman–Crippen MR) is 48.9 cm³/mol. The highest BCUT2D eigenvalue weighted by molar-refractivity contribution is 5.39. The molecule has 1 heterocycles. The number of methoxy groups -OCH3 is 1. The molecular formula is C10H11N2O+. The van der Waals surface area contributed by atoms with Crippen molar-refractivity contribution in [3.63, 3.8) is 0 Å². The van der Waals surface area contributed by atoms with E-state index in [1.54, 1.807) is 7.11 Å². The minimum atomic E-state index is 0.868. The fourth-order valence-electron chi connectivity index (χ4n) is 1.28. The highest BCUT2D eigenvalue weighted by Gasteiger charge is 2.07. The molecule has 2 aromatic rings. The van der Waals surface area contributed by atoms with Crippen LogP contribution in [0.4, 0.5) is 0 Å². The molecule has 0 bridgehead atoms. The molecule has 3 nitrogen and oxygen atoms in total. The molecule has 0 aliphatic heterocycles. The fourth-order valence-corrected chi connectivity index (χ4v) is 1.28. The Morgan fingerprint density at radius 2 is 2.15 bits per heavy atom. The molecule has 0 saturated heterocycles. The van der Waals surface area contributed by atoms with E-state index in [1.807, 2.05) is 47.6 Å². The van der Waals surface area contributed by atoms with Gasteiger partial charge in [0.25, 0.3) is 0 Å². The Morgan fingerprint density at radius 1 is 1.31 bits per heavy atom. The summed E-state index contributed by atoms with van der Waals surface area (Å²) in [7, 11) is 1.67. The van der Waals surface area contributed by atoms with E-state index in [1.165, 1.54) is 0 Å². The van der Waals surface area contributed by atoms with Crippen molar-refractivity contribution in [2.45, 2.75) is 0 Å². The summed E-state index contributed by atoms with van der Waals surface area (Å²) in [4.78, 5) is 2.99. The van der Waals surface area contributed by atoms with Crippen molar-refractivity contribution in [2.75, 3.05) is 7.11 Å². The van der Waals surface area contributed by atoms with Gasteiger partial charge >= 0.3 is 0 Å². The molecule has 1 N–H and O–H groups in total. The minimum Gasteiger partial charge on any atom is -0.492 e. The van der Waals surface area contributed by atoms with Gasteiger partial charge in [-0.2, -0.15) is 4.57 Å². The van der Waals surface area contributed by atoms with Gasteiger partial charge in [-0.05, 0) is 12.1 Å². The van der Waals surface area contributed by atoms with Crippen molar-refractivity contribution in [1.29, 1.82) is 0 Å². The van der Waals surface area contributed by atoms with E-state index in [0.717, 1.165) is 11.4 Å². The zero-order chi connectivity index (χ0) is 9.10. The van der Waals surface area contributed by atoms with Gasteiger partial charge in [0.1, 0.15) is 12.4 Å². The maximum atomic E-state index is 5.23. The first-order chi connectivity index (χ1) is 6.42. The maximum Gasteiger partial charge on any atom is 0.246 e. The number of nitrogens with zero attached hydrogens (tertiary/aromatic N) is 1. The number of ether oxygens (including phenoxy) is 1. The van der Waals surface area contributed by atoms with Gasteiger partial charge < -0.3 is 4.74 Å². The molecule has 0 unspecified atom stereocenters. The number of hydrogen-bond donors (Lipinski definition) is 1. The van der Waals surface area contributed by atoms with Crippen LogP contribution >= 0.6 is 0 Å². The molecule has 1 aromatic heterocycles. The monoisotopic (exact) mass is 175 g/mol. The zero-order valence-electron chi connectivity index (χ0n) is 7.40. The standard InChI is InChI=1S/C10H10N2O/c1-13-10-5-3-2-4-9(10)12-7-6-11-8-12/h2-8H,1H3/p+1. The molecule has 13 heavy (non-hydrogen) atoms. The van der Waals surface area contributed by atoms with Gasteiger partial charge in [0.2, 0.25) is 6.33 Å². The van der Waals surface area contributed by atoms with Crippen LogP contribution in [0.15, 0.2) is 43.0 Å². The van der Waals surface area contributed by atoms with Gasteiger partial charge in [-0.25, -0.2) is 4.98 Å². The molecule has 0 spiro atoms. The number of hydrogen-bond acceptors (Lipinski definition) is 1. The zero-order valence-corrected chi connectivity index (χ0v) is 7.40. The lowest BCUT2D eigenvalue weighted by molar-refractivity contribution is -0.594. The van der Waals surface area contributed by atoms with Crippen LogP contribution in [-0.4, -0.2) is 12.1 Å². The number of aromatic amines is 1. The molecule has 1 aromatic carbocycles. The Balaban J connectivity index is 2.51. The van der Waals surface area contributed by atoms with Crippen molar-refractivity contribution >= 4 is 0 Å². The molecule has 0 radical (unpaired) electrons. The summed E-state index contributed by atoms with van der Waals surface area (Å²) in [6.45, 7) is 0. The molecule has 0 aliphatic carbocycles. The lowest BCUT2D eigenvalue weighted by atomic mass is 10.3. The van der Waals surface area contributed by atoms with Crippen LogP contribution in [0.1, 0.15) is 0 Å². The molecule has 3 heteroatoms. The first-order valence-electron chi connectivity index (χ1n) is 4.09. The van der Waals surface area contributed by atoms with Gasteiger partial charge in [-0.15, -0.1) is 0 Å². The Hall–Kier alpha value is -1.77. The Labute approximate surface area is 76.6 Å².